The van der Waals surface area contributed by atoms with Crippen LogP contribution in [0, 0.1) is 5.92 Å². The largest absolute Gasteiger partial charge is 0.356 e. The van der Waals surface area contributed by atoms with Gasteiger partial charge in [0, 0.05) is 25.4 Å². The molecule has 3 rings (SSSR count). The predicted octanol–water partition coefficient (Wildman–Crippen LogP) is 1.30. The second-order valence-electron chi connectivity index (χ2n) is 6.59. The van der Waals surface area contributed by atoms with Crippen molar-refractivity contribution in [2.75, 3.05) is 19.6 Å². The van der Waals surface area contributed by atoms with Crippen LogP contribution in [0.5, 0.6) is 0 Å². The third-order valence-electron chi connectivity index (χ3n) is 4.98. The maximum Gasteiger partial charge on any atom is 0.223 e. The average Bonchev–Trinajstić information content (AvgIpc) is 2.81. The molecule has 2 aliphatic heterocycles. The van der Waals surface area contributed by atoms with Crippen molar-refractivity contribution in [2.24, 2.45) is 5.92 Å². The number of piperidine rings is 1. The van der Waals surface area contributed by atoms with Gasteiger partial charge in [-0.3, -0.25) is 9.59 Å². The zero-order valence-electron chi connectivity index (χ0n) is 13.4. The molecule has 1 aromatic carbocycles. The maximum atomic E-state index is 12.8. The Labute approximate surface area is 137 Å². The van der Waals surface area contributed by atoms with Crippen LogP contribution in [0.4, 0.5) is 0 Å². The van der Waals surface area contributed by atoms with Gasteiger partial charge in [-0.25, -0.2) is 0 Å². The molecular formula is C18H25N3O2. The van der Waals surface area contributed by atoms with Crippen LogP contribution in [-0.4, -0.2) is 31.4 Å². The number of nitrogens with one attached hydrogen (secondary N) is 3. The highest BCUT2D eigenvalue weighted by Gasteiger charge is 2.37. The van der Waals surface area contributed by atoms with Crippen molar-refractivity contribution in [2.45, 2.75) is 37.6 Å². The molecule has 1 aromatic rings. The molecule has 0 aromatic heterocycles. The van der Waals surface area contributed by atoms with Gasteiger partial charge in [0.1, 0.15) is 0 Å². The van der Waals surface area contributed by atoms with Gasteiger partial charge in [0.15, 0.2) is 0 Å². The smallest absolute Gasteiger partial charge is 0.223 e. The minimum Gasteiger partial charge on any atom is -0.356 e. The molecule has 3 N–H and O–H groups in total. The van der Waals surface area contributed by atoms with Gasteiger partial charge in [-0.05, 0) is 37.8 Å². The van der Waals surface area contributed by atoms with Crippen LogP contribution in [0.2, 0.25) is 0 Å². The lowest BCUT2D eigenvalue weighted by Gasteiger charge is -2.40. The first kappa shape index (κ1) is 16.0. The second-order valence-corrected chi connectivity index (χ2v) is 6.59. The Morgan fingerprint density at radius 2 is 2.00 bits per heavy atom. The summed E-state index contributed by atoms with van der Waals surface area (Å²) in [5.41, 5.74) is 0.823. The van der Waals surface area contributed by atoms with E-state index in [9.17, 15) is 9.59 Å². The summed E-state index contributed by atoms with van der Waals surface area (Å²) in [6.45, 7) is 2.34. The molecule has 2 heterocycles. The van der Waals surface area contributed by atoms with E-state index in [1.807, 2.05) is 18.2 Å². The van der Waals surface area contributed by atoms with E-state index in [1.54, 1.807) is 0 Å². The molecule has 0 radical (unpaired) electrons. The van der Waals surface area contributed by atoms with E-state index in [2.05, 4.69) is 28.1 Å². The molecule has 2 fully saturated rings. The second kappa shape index (κ2) is 7.13. The molecule has 0 aliphatic carbocycles. The Hall–Kier alpha value is -1.88. The molecule has 0 bridgehead atoms. The van der Waals surface area contributed by atoms with Crippen LogP contribution in [0.25, 0.3) is 0 Å². The van der Waals surface area contributed by atoms with Crippen molar-refractivity contribution in [3.8, 4) is 0 Å². The molecule has 2 amide bonds. The molecular weight excluding hydrogens is 290 g/mol. The number of carbonyl (C=O) groups excluding carboxylic acids is 2. The summed E-state index contributed by atoms with van der Waals surface area (Å²) < 4.78 is 0. The summed E-state index contributed by atoms with van der Waals surface area (Å²) in [5.74, 6) is 0.0444. The summed E-state index contributed by atoms with van der Waals surface area (Å²) in [4.78, 5) is 24.3. The van der Waals surface area contributed by atoms with Gasteiger partial charge in [0.25, 0.3) is 0 Å². The minimum absolute atomic E-state index is 0.0532. The van der Waals surface area contributed by atoms with Crippen molar-refractivity contribution < 1.29 is 9.59 Å². The molecule has 5 heteroatoms. The van der Waals surface area contributed by atoms with Gasteiger partial charge in [-0.2, -0.15) is 0 Å². The standard InChI is InChI=1S/C18H25N3O2/c22-16-8-7-14(9-12-20-16)17(23)21-18(10-4-11-19-13-18)15-5-2-1-3-6-15/h1-3,5-6,14,19H,4,7-13H2,(H,20,22)(H,21,23)/t14?,18-/m1/s1. The summed E-state index contributed by atoms with van der Waals surface area (Å²) in [6, 6.07) is 10.2. The first-order chi connectivity index (χ1) is 11.2. The van der Waals surface area contributed by atoms with Crippen molar-refractivity contribution in [1.29, 1.82) is 0 Å². The summed E-state index contributed by atoms with van der Waals surface area (Å²) in [5, 5.41) is 9.58. The van der Waals surface area contributed by atoms with Crippen molar-refractivity contribution in [1.82, 2.24) is 16.0 Å². The number of benzene rings is 1. The normalized spacial score (nSPS) is 28.5. The van der Waals surface area contributed by atoms with E-state index < -0.39 is 0 Å². The fourth-order valence-electron chi connectivity index (χ4n) is 3.61. The Morgan fingerprint density at radius 3 is 2.74 bits per heavy atom. The predicted molar refractivity (Wildman–Crippen MR) is 88.7 cm³/mol. The van der Waals surface area contributed by atoms with Gasteiger partial charge < -0.3 is 16.0 Å². The first-order valence-electron chi connectivity index (χ1n) is 8.55. The fourth-order valence-corrected chi connectivity index (χ4v) is 3.61. The van der Waals surface area contributed by atoms with E-state index >= 15 is 0 Å². The SMILES string of the molecule is O=C1CCC(C(=O)N[C@]2(c3ccccc3)CCCNC2)CCN1. The molecule has 0 saturated carbocycles. The number of carbonyl (C=O) groups is 2. The molecule has 23 heavy (non-hydrogen) atoms. The maximum absolute atomic E-state index is 12.8. The van der Waals surface area contributed by atoms with Gasteiger partial charge in [0.05, 0.1) is 5.54 Å². The third-order valence-corrected chi connectivity index (χ3v) is 4.98. The Kier molecular flexibility index (Phi) is 4.96. The monoisotopic (exact) mass is 315 g/mol. The van der Waals surface area contributed by atoms with Crippen molar-refractivity contribution in [3.05, 3.63) is 35.9 Å². The Morgan fingerprint density at radius 1 is 1.17 bits per heavy atom. The molecule has 2 atom stereocenters. The molecule has 2 aliphatic rings. The van der Waals surface area contributed by atoms with E-state index in [0.717, 1.165) is 37.9 Å². The third kappa shape index (κ3) is 3.72. The zero-order valence-corrected chi connectivity index (χ0v) is 13.4. The van der Waals surface area contributed by atoms with Crippen molar-refractivity contribution >= 4 is 11.8 Å². The van der Waals surface area contributed by atoms with Crippen LogP contribution in [0.15, 0.2) is 30.3 Å². The van der Waals surface area contributed by atoms with E-state index in [-0.39, 0.29) is 23.3 Å². The quantitative estimate of drug-likeness (QED) is 0.787. The fraction of sp³-hybridized carbons (Fsp3) is 0.556. The average molecular weight is 315 g/mol. The molecule has 124 valence electrons. The topological polar surface area (TPSA) is 70.2 Å². The van der Waals surface area contributed by atoms with Gasteiger partial charge in [-0.1, -0.05) is 30.3 Å². The van der Waals surface area contributed by atoms with Gasteiger partial charge in [0.2, 0.25) is 11.8 Å². The number of hydrogen-bond acceptors (Lipinski definition) is 3. The van der Waals surface area contributed by atoms with E-state index in [4.69, 9.17) is 0 Å². The highest BCUT2D eigenvalue weighted by Crippen LogP contribution is 2.29. The van der Waals surface area contributed by atoms with Gasteiger partial charge >= 0.3 is 0 Å². The van der Waals surface area contributed by atoms with Crippen LogP contribution >= 0.6 is 0 Å². The summed E-state index contributed by atoms with van der Waals surface area (Å²) >= 11 is 0. The van der Waals surface area contributed by atoms with E-state index in [1.165, 1.54) is 0 Å². The Bertz CT molecular complexity index is 553. The van der Waals surface area contributed by atoms with Crippen LogP contribution in [0.3, 0.4) is 0 Å². The minimum atomic E-state index is -0.333. The lowest BCUT2D eigenvalue weighted by molar-refractivity contribution is -0.127. The number of rotatable bonds is 3. The molecule has 2 saturated heterocycles. The highest BCUT2D eigenvalue weighted by atomic mass is 16.2. The summed E-state index contributed by atoms with van der Waals surface area (Å²) in [7, 11) is 0. The van der Waals surface area contributed by atoms with Crippen LogP contribution in [-0.2, 0) is 15.1 Å². The lowest BCUT2D eigenvalue weighted by Crippen LogP contribution is -2.56. The van der Waals surface area contributed by atoms with Crippen molar-refractivity contribution in [3.63, 3.8) is 0 Å². The van der Waals surface area contributed by atoms with Crippen LogP contribution in [0.1, 0.15) is 37.7 Å². The van der Waals surface area contributed by atoms with Gasteiger partial charge in [-0.15, -0.1) is 0 Å². The molecule has 1 unspecified atom stereocenters. The lowest BCUT2D eigenvalue weighted by atomic mass is 9.82. The highest BCUT2D eigenvalue weighted by molar-refractivity contribution is 5.82. The molecule has 0 spiro atoms. The van der Waals surface area contributed by atoms with Crippen LogP contribution < -0.4 is 16.0 Å². The molecule has 5 nitrogen and oxygen atoms in total. The van der Waals surface area contributed by atoms with E-state index in [0.29, 0.717) is 19.4 Å². The number of hydrogen-bond donors (Lipinski definition) is 3. The zero-order chi connectivity index (χ0) is 16.1. The summed E-state index contributed by atoms with van der Waals surface area (Å²) in [6.07, 6.45) is 3.78. The first-order valence-corrected chi connectivity index (χ1v) is 8.55. The Balaban J connectivity index is 1.76. The number of amides is 2.